The van der Waals surface area contributed by atoms with Gasteiger partial charge in [-0.25, -0.2) is 0 Å². The molecule has 2 aliphatic heterocycles. The van der Waals surface area contributed by atoms with E-state index < -0.39 is 0 Å². The summed E-state index contributed by atoms with van der Waals surface area (Å²) in [6.07, 6.45) is 5.09. The molecule has 4 atom stereocenters. The maximum atomic E-state index is 12.9. The van der Waals surface area contributed by atoms with Gasteiger partial charge in [-0.3, -0.25) is 4.79 Å². The van der Waals surface area contributed by atoms with Gasteiger partial charge in [0.1, 0.15) is 5.52 Å². The third-order valence-electron chi connectivity index (χ3n) is 6.85. The van der Waals surface area contributed by atoms with Crippen LogP contribution in [0.25, 0.3) is 11.1 Å². The standard InChI is InChI=1S/C21H27ClN4O2/c22-16-5-6-17-18(9-16)28-21(24-17)25-7-1-2-13(10-25)8-19(27)26-11-14-3-4-15(12-26)20(14)23/h5-6,9,13-15,20H,1-4,7-8,10-12,23H2/t13?,14-,15+,20?. The largest absolute Gasteiger partial charge is 0.423 e. The molecule has 5 rings (SSSR count). The third kappa shape index (κ3) is 3.37. The molecule has 1 aromatic heterocycles. The van der Waals surface area contributed by atoms with Crippen LogP contribution >= 0.6 is 11.6 Å². The van der Waals surface area contributed by atoms with Gasteiger partial charge in [-0.1, -0.05) is 11.6 Å². The number of benzene rings is 1. The second-order valence-electron chi connectivity index (χ2n) is 8.74. The highest BCUT2D eigenvalue weighted by Gasteiger charge is 2.41. The van der Waals surface area contributed by atoms with Gasteiger partial charge in [-0.2, -0.15) is 4.98 Å². The molecule has 2 aromatic rings. The zero-order chi connectivity index (χ0) is 19.3. The lowest BCUT2D eigenvalue weighted by atomic mass is 9.91. The second-order valence-corrected chi connectivity index (χ2v) is 9.18. The zero-order valence-electron chi connectivity index (χ0n) is 16.0. The van der Waals surface area contributed by atoms with E-state index in [1.54, 1.807) is 6.07 Å². The third-order valence-corrected chi connectivity index (χ3v) is 7.09. The fourth-order valence-corrected chi connectivity index (χ4v) is 5.43. The van der Waals surface area contributed by atoms with Crippen molar-refractivity contribution in [3.63, 3.8) is 0 Å². The van der Waals surface area contributed by atoms with Crippen LogP contribution in [0.5, 0.6) is 0 Å². The lowest BCUT2D eigenvalue weighted by Crippen LogP contribution is -2.51. The van der Waals surface area contributed by atoms with Gasteiger partial charge in [0.2, 0.25) is 5.91 Å². The number of anilines is 1. The average Bonchev–Trinajstić information content (AvgIpc) is 3.17. The minimum absolute atomic E-state index is 0.292. The molecule has 2 unspecified atom stereocenters. The maximum Gasteiger partial charge on any atom is 0.298 e. The predicted octanol–water partition coefficient (Wildman–Crippen LogP) is 3.28. The number of piperidine rings is 2. The van der Waals surface area contributed by atoms with Crippen molar-refractivity contribution in [3.8, 4) is 0 Å². The van der Waals surface area contributed by atoms with E-state index in [0.29, 0.717) is 52.7 Å². The van der Waals surface area contributed by atoms with Gasteiger partial charge in [0.15, 0.2) is 5.58 Å². The minimum Gasteiger partial charge on any atom is -0.423 e. The van der Waals surface area contributed by atoms with Crippen molar-refractivity contribution in [2.45, 2.75) is 38.1 Å². The molecule has 2 saturated heterocycles. The molecule has 1 aromatic carbocycles. The maximum absolute atomic E-state index is 12.9. The van der Waals surface area contributed by atoms with Crippen molar-refractivity contribution in [2.24, 2.45) is 23.5 Å². The monoisotopic (exact) mass is 402 g/mol. The summed E-state index contributed by atoms with van der Waals surface area (Å²) in [4.78, 5) is 21.8. The van der Waals surface area contributed by atoms with Gasteiger partial charge in [-0.15, -0.1) is 0 Å². The van der Waals surface area contributed by atoms with Crippen LogP contribution in [0.2, 0.25) is 5.02 Å². The molecule has 2 N–H and O–H groups in total. The van der Waals surface area contributed by atoms with Crippen LogP contribution in [0.4, 0.5) is 6.01 Å². The van der Waals surface area contributed by atoms with Crippen molar-refractivity contribution in [2.75, 3.05) is 31.1 Å². The Bertz CT molecular complexity index is 870. The van der Waals surface area contributed by atoms with Crippen molar-refractivity contribution < 1.29 is 9.21 Å². The Morgan fingerprint density at radius 2 is 2.00 bits per heavy atom. The molecule has 28 heavy (non-hydrogen) atoms. The number of hydrogen-bond acceptors (Lipinski definition) is 5. The highest BCUT2D eigenvalue weighted by Crippen LogP contribution is 2.36. The SMILES string of the molecule is NC1[C@@H]2CC[C@H]1CN(C(=O)CC1CCCN(c3nc4ccc(Cl)cc4o3)C1)C2. The van der Waals surface area contributed by atoms with E-state index in [0.717, 1.165) is 44.5 Å². The molecule has 1 aliphatic carbocycles. The lowest BCUT2D eigenvalue weighted by Gasteiger charge is -2.38. The Kier molecular flexibility index (Phi) is 4.71. The minimum atomic E-state index is 0.292. The van der Waals surface area contributed by atoms with E-state index in [-0.39, 0.29) is 0 Å². The van der Waals surface area contributed by atoms with E-state index in [2.05, 4.69) is 14.8 Å². The van der Waals surface area contributed by atoms with Crippen molar-refractivity contribution in [3.05, 3.63) is 23.2 Å². The Labute approximate surface area is 170 Å². The molecule has 0 radical (unpaired) electrons. The van der Waals surface area contributed by atoms with Crippen LogP contribution in [0.3, 0.4) is 0 Å². The van der Waals surface area contributed by atoms with Crippen molar-refractivity contribution in [1.29, 1.82) is 0 Å². The van der Waals surface area contributed by atoms with Gasteiger partial charge in [0, 0.05) is 49.7 Å². The number of carbonyl (C=O) groups excluding carboxylic acids is 1. The van der Waals surface area contributed by atoms with Crippen molar-refractivity contribution >= 4 is 34.6 Å². The number of hydrogen-bond donors (Lipinski definition) is 1. The lowest BCUT2D eigenvalue weighted by molar-refractivity contribution is -0.134. The van der Waals surface area contributed by atoms with Gasteiger partial charge in [0.05, 0.1) is 0 Å². The van der Waals surface area contributed by atoms with Crippen molar-refractivity contribution in [1.82, 2.24) is 9.88 Å². The van der Waals surface area contributed by atoms with E-state index in [4.69, 9.17) is 21.8 Å². The van der Waals surface area contributed by atoms with Crippen LogP contribution in [-0.4, -0.2) is 48.0 Å². The Morgan fingerprint density at radius 1 is 1.21 bits per heavy atom. The quantitative estimate of drug-likeness (QED) is 0.852. The summed E-state index contributed by atoms with van der Waals surface area (Å²) < 4.78 is 5.93. The second kappa shape index (κ2) is 7.23. The summed E-state index contributed by atoms with van der Waals surface area (Å²) in [5.41, 5.74) is 7.81. The summed E-state index contributed by atoms with van der Waals surface area (Å²) >= 11 is 6.05. The number of halogens is 1. The van der Waals surface area contributed by atoms with E-state index in [9.17, 15) is 4.79 Å². The van der Waals surface area contributed by atoms with Crippen LogP contribution in [-0.2, 0) is 4.79 Å². The van der Waals surface area contributed by atoms with Crippen LogP contribution in [0.1, 0.15) is 32.1 Å². The normalized spacial score (nSPS) is 30.2. The van der Waals surface area contributed by atoms with Crippen LogP contribution in [0, 0.1) is 17.8 Å². The van der Waals surface area contributed by atoms with Crippen LogP contribution in [0.15, 0.2) is 22.6 Å². The fourth-order valence-electron chi connectivity index (χ4n) is 5.27. The number of likely N-dealkylation sites (tertiary alicyclic amines) is 1. The number of nitrogens with two attached hydrogens (primary N) is 1. The first-order chi connectivity index (χ1) is 13.6. The molecule has 6 nitrogen and oxygen atoms in total. The molecule has 1 saturated carbocycles. The first kappa shape index (κ1) is 18.3. The summed E-state index contributed by atoms with van der Waals surface area (Å²) in [5, 5.41) is 0.646. The van der Waals surface area contributed by atoms with E-state index >= 15 is 0 Å². The van der Waals surface area contributed by atoms with Gasteiger partial charge in [0.25, 0.3) is 6.01 Å². The first-order valence-corrected chi connectivity index (χ1v) is 10.8. The fraction of sp³-hybridized carbons (Fsp3) is 0.619. The van der Waals surface area contributed by atoms with Gasteiger partial charge in [-0.05, 0) is 55.6 Å². The molecule has 0 spiro atoms. The molecule has 1 amide bonds. The van der Waals surface area contributed by atoms with Gasteiger partial charge < -0.3 is 20.0 Å². The van der Waals surface area contributed by atoms with E-state index in [1.807, 2.05) is 12.1 Å². The molecule has 3 heterocycles. The number of nitrogens with zero attached hydrogens (tertiary/aromatic N) is 3. The number of rotatable bonds is 3. The highest BCUT2D eigenvalue weighted by molar-refractivity contribution is 6.31. The average molecular weight is 403 g/mol. The van der Waals surface area contributed by atoms with Gasteiger partial charge >= 0.3 is 0 Å². The predicted molar refractivity (Wildman–Crippen MR) is 109 cm³/mol. The molecular weight excluding hydrogens is 376 g/mol. The smallest absolute Gasteiger partial charge is 0.298 e. The summed E-state index contributed by atoms with van der Waals surface area (Å²) in [5.74, 6) is 1.63. The Morgan fingerprint density at radius 3 is 2.79 bits per heavy atom. The Balaban J connectivity index is 1.23. The summed E-state index contributed by atoms with van der Waals surface area (Å²) in [7, 11) is 0. The molecule has 150 valence electrons. The summed E-state index contributed by atoms with van der Waals surface area (Å²) in [6.45, 7) is 3.41. The number of amides is 1. The topological polar surface area (TPSA) is 75.6 Å². The number of fused-ring (bicyclic) bond motifs is 3. The molecule has 3 aliphatic rings. The number of oxazole rings is 1. The molecule has 3 fully saturated rings. The first-order valence-electron chi connectivity index (χ1n) is 10.4. The molecule has 2 bridgehead atoms. The summed E-state index contributed by atoms with van der Waals surface area (Å²) in [6, 6.07) is 6.43. The highest BCUT2D eigenvalue weighted by atomic mass is 35.5. The zero-order valence-corrected chi connectivity index (χ0v) is 16.8. The Hall–Kier alpha value is -1.79. The number of aromatic nitrogens is 1. The van der Waals surface area contributed by atoms with E-state index in [1.165, 1.54) is 12.8 Å². The molecule has 7 heteroatoms. The van der Waals surface area contributed by atoms with Crippen LogP contribution < -0.4 is 10.6 Å². The molecular formula is C21H27ClN4O2. The number of carbonyl (C=O) groups is 1.